The van der Waals surface area contributed by atoms with E-state index in [1.807, 2.05) is 24.3 Å². The fourth-order valence-electron chi connectivity index (χ4n) is 1.98. The summed E-state index contributed by atoms with van der Waals surface area (Å²) < 4.78 is 11.1. The van der Waals surface area contributed by atoms with Crippen LogP contribution in [0.15, 0.2) is 48.5 Å². The second-order valence-electron chi connectivity index (χ2n) is 4.82. The molecule has 0 heterocycles. The van der Waals surface area contributed by atoms with Gasteiger partial charge < -0.3 is 15.2 Å². The van der Waals surface area contributed by atoms with Crippen molar-refractivity contribution in [1.29, 1.82) is 0 Å². The predicted octanol–water partition coefficient (Wildman–Crippen LogP) is 3.34. The van der Waals surface area contributed by atoms with Crippen molar-refractivity contribution in [3.63, 3.8) is 0 Å². The minimum absolute atomic E-state index is 0.388. The highest BCUT2D eigenvalue weighted by atomic mass is 16.5. The highest BCUT2D eigenvalue weighted by molar-refractivity contribution is 5.39. The first-order chi connectivity index (χ1) is 9.74. The molecule has 0 amide bonds. The third-order valence-corrected chi connectivity index (χ3v) is 3.37. The fourth-order valence-corrected chi connectivity index (χ4v) is 1.98. The Balaban J connectivity index is 2.00. The van der Waals surface area contributed by atoms with Crippen LogP contribution in [0.25, 0.3) is 0 Å². The molecule has 2 aromatic rings. The van der Waals surface area contributed by atoms with Crippen LogP contribution in [0.4, 0.5) is 0 Å². The molecular formula is C17H21NO2. The molecule has 0 fully saturated rings. The second kappa shape index (κ2) is 6.96. The number of hydrogen-bond acceptors (Lipinski definition) is 3. The average Bonchev–Trinajstić information content (AvgIpc) is 2.53. The number of nitrogens with two attached hydrogens (primary N) is 1. The van der Waals surface area contributed by atoms with Gasteiger partial charge in [0.15, 0.2) is 11.5 Å². The monoisotopic (exact) mass is 271 g/mol. The van der Waals surface area contributed by atoms with E-state index in [1.54, 1.807) is 7.11 Å². The zero-order chi connectivity index (χ0) is 14.4. The molecule has 0 bridgehead atoms. The zero-order valence-electron chi connectivity index (χ0n) is 12.0. The van der Waals surface area contributed by atoms with Gasteiger partial charge in [-0.1, -0.05) is 43.3 Å². The Morgan fingerprint density at radius 3 is 2.25 bits per heavy atom. The van der Waals surface area contributed by atoms with Crippen LogP contribution in [0.2, 0.25) is 0 Å². The van der Waals surface area contributed by atoms with Crippen molar-refractivity contribution in [3.8, 4) is 11.5 Å². The van der Waals surface area contributed by atoms with Crippen molar-refractivity contribution < 1.29 is 9.47 Å². The first-order valence-corrected chi connectivity index (χ1v) is 6.79. The summed E-state index contributed by atoms with van der Waals surface area (Å²) in [5, 5.41) is 0. The molecule has 0 spiro atoms. The van der Waals surface area contributed by atoms with Crippen LogP contribution in [0.3, 0.4) is 0 Å². The van der Waals surface area contributed by atoms with Crippen molar-refractivity contribution in [2.24, 2.45) is 5.73 Å². The summed E-state index contributed by atoms with van der Waals surface area (Å²) in [5.74, 6) is 1.90. The maximum Gasteiger partial charge on any atom is 0.161 e. The van der Waals surface area contributed by atoms with E-state index in [9.17, 15) is 0 Å². The number of hydrogen-bond donors (Lipinski definition) is 1. The Hall–Kier alpha value is -2.00. The zero-order valence-corrected chi connectivity index (χ0v) is 12.0. The maximum absolute atomic E-state index is 5.79. The van der Waals surface area contributed by atoms with Crippen molar-refractivity contribution >= 4 is 0 Å². The van der Waals surface area contributed by atoms with Crippen molar-refractivity contribution in [2.75, 3.05) is 13.7 Å². The van der Waals surface area contributed by atoms with E-state index in [0.717, 1.165) is 17.1 Å². The molecule has 3 heteroatoms. The first kappa shape index (κ1) is 14.4. The normalized spacial score (nSPS) is 11.9. The maximum atomic E-state index is 5.79. The number of benzene rings is 2. The third kappa shape index (κ3) is 3.52. The summed E-state index contributed by atoms with van der Waals surface area (Å²) in [5.41, 5.74) is 8.06. The number of para-hydroxylation sites is 2. The van der Waals surface area contributed by atoms with E-state index in [2.05, 4.69) is 31.2 Å². The molecule has 1 unspecified atom stereocenters. The fraction of sp³-hybridized carbons (Fsp3) is 0.294. The van der Waals surface area contributed by atoms with Gasteiger partial charge in [-0.05, 0) is 35.7 Å². The summed E-state index contributed by atoms with van der Waals surface area (Å²) in [4.78, 5) is 0. The van der Waals surface area contributed by atoms with Crippen LogP contribution in [0.1, 0.15) is 24.0 Å². The molecule has 0 aromatic heterocycles. The average molecular weight is 271 g/mol. The van der Waals surface area contributed by atoms with E-state index >= 15 is 0 Å². The minimum atomic E-state index is 0.388. The molecule has 0 saturated carbocycles. The molecule has 2 N–H and O–H groups in total. The molecule has 0 radical (unpaired) electrons. The Bertz CT molecular complexity index is 537. The van der Waals surface area contributed by atoms with Gasteiger partial charge in [0.25, 0.3) is 0 Å². The van der Waals surface area contributed by atoms with E-state index in [0.29, 0.717) is 19.1 Å². The molecule has 0 aliphatic heterocycles. The molecule has 0 aliphatic carbocycles. The van der Waals surface area contributed by atoms with Crippen molar-refractivity contribution in [1.82, 2.24) is 0 Å². The lowest BCUT2D eigenvalue weighted by Gasteiger charge is -2.12. The summed E-state index contributed by atoms with van der Waals surface area (Å²) in [6, 6.07) is 16.0. The third-order valence-electron chi connectivity index (χ3n) is 3.37. The van der Waals surface area contributed by atoms with Crippen molar-refractivity contribution in [3.05, 3.63) is 59.7 Å². The standard InChI is InChI=1S/C17H21NO2/c1-13(11-18)15-9-7-14(8-10-15)12-20-17-6-4-3-5-16(17)19-2/h3-10,13H,11-12,18H2,1-2H3. The van der Waals surface area contributed by atoms with Crippen LogP contribution in [0, 0.1) is 0 Å². The van der Waals surface area contributed by atoms with Gasteiger partial charge in [0, 0.05) is 0 Å². The largest absolute Gasteiger partial charge is 0.493 e. The van der Waals surface area contributed by atoms with Crippen LogP contribution in [-0.2, 0) is 6.61 Å². The Morgan fingerprint density at radius 1 is 1.00 bits per heavy atom. The predicted molar refractivity (Wildman–Crippen MR) is 81.2 cm³/mol. The smallest absolute Gasteiger partial charge is 0.161 e. The Kier molecular flexibility index (Phi) is 5.02. The highest BCUT2D eigenvalue weighted by Crippen LogP contribution is 2.26. The van der Waals surface area contributed by atoms with E-state index < -0.39 is 0 Å². The number of methoxy groups -OCH3 is 1. The van der Waals surface area contributed by atoms with Crippen molar-refractivity contribution in [2.45, 2.75) is 19.4 Å². The van der Waals surface area contributed by atoms with Gasteiger partial charge in [0.2, 0.25) is 0 Å². The van der Waals surface area contributed by atoms with Gasteiger partial charge in [0.1, 0.15) is 6.61 Å². The van der Waals surface area contributed by atoms with Crippen LogP contribution >= 0.6 is 0 Å². The van der Waals surface area contributed by atoms with E-state index in [-0.39, 0.29) is 0 Å². The SMILES string of the molecule is COc1ccccc1OCc1ccc(C(C)CN)cc1. The van der Waals surface area contributed by atoms with E-state index in [4.69, 9.17) is 15.2 Å². The van der Waals surface area contributed by atoms with Crippen LogP contribution in [0.5, 0.6) is 11.5 Å². The topological polar surface area (TPSA) is 44.5 Å². The molecule has 106 valence electrons. The quantitative estimate of drug-likeness (QED) is 0.876. The highest BCUT2D eigenvalue weighted by Gasteiger charge is 2.05. The van der Waals surface area contributed by atoms with Crippen LogP contribution < -0.4 is 15.2 Å². The van der Waals surface area contributed by atoms with Gasteiger partial charge >= 0.3 is 0 Å². The summed E-state index contributed by atoms with van der Waals surface area (Å²) in [7, 11) is 1.64. The Morgan fingerprint density at radius 2 is 1.65 bits per heavy atom. The molecule has 0 aliphatic rings. The van der Waals surface area contributed by atoms with E-state index in [1.165, 1.54) is 5.56 Å². The summed E-state index contributed by atoms with van der Waals surface area (Å²) in [6.07, 6.45) is 0. The molecule has 3 nitrogen and oxygen atoms in total. The van der Waals surface area contributed by atoms with Gasteiger partial charge in [0.05, 0.1) is 7.11 Å². The van der Waals surface area contributed by atoms with Gasteiger partial charge in [-0.3, -0.25) is 0 Å². The molecule has 2 rings (SSSR count). The lowest BCUT2D eigenvalue weighted by Crippen LogP contribution is -2.08. The first-order valence-electron chi connectivity index (χ1n) is 6.79. The number of rotatable bonds is 6. The van der Waals surface area contributed by atoms with Gasteiger partial charge in [-0.25, -0.2) is 0 Å². The summed E-state index contributed by atoms with van der Waals surface area (Å²) >= 11 is 0. The molecule has 20 heavy (non-hydrogen) atoms. The van der Waals surface area contributed by atoms with Crippen LogP contribution in [-0.4, -0.2) is 13.7 Å². The van der Waals surface area contributed by atoms with Gasteiger partial charge in [-0.2, -0.15) is 0 Å². The lowest BCUT2D eigenvalue weighted by atomic mass is 10.0. The lowest BCUT2D eigenvalue weighted by molar-refractivity contribution is 0.284. The number of ether oxygens (including phenoxy) is 2. The van der Waals surface area contributed by atoms with Gasteiger partial charge in [-0.15, -0.1) is 0 Å². The second-order valence-corrected chi connectivity index (χ2v) is 4.82. The Labute approximate surface area is 120 Å². The summed E-state index contributed by atoms with van der Waals surface area (Å²) in [6.45, 7) is 3.31. The molecule has 0 saturated heterocycles. The molecule has 2 aromatic carbocycles. The minimum Gasteiger partial charge on any atom is -0.493 e. The molecule has 1 atom stereocenters. The molecular weight excluding hydrogens is 250 g/mol.